The smallest absolute Gasteiger partial charge is 0.338 e. The van der Waals surface area contributed by atoms with Gasteiger partial charge in [-0.05, 0) is 30.7 Å². The summed E-state index contributed by atoms with van der Waals surface area (Å²) in [4.78, 5) is 36.6. The second kappa shape index (κ2) is 6.20. The van der Waals surface area contributed by atoms with E-state index >= 15 is 0 Å². The summed E-state index contributed by atoms with van der Waals surface area (Å²) in [5.41, 5.74) is 5.89. The predicted molar refractivity (Wildman–Crippen MR) is 84.5 cm³/mol. The molecular formula is C16H19N3O5. The summed E-state index contributed by atoms with van der Waals surface area (Å²) < 4.78 is 4.60. The van der Waals surface area contributed by atoms with Crippen LogP contribution in [0.4, 0.5) is 5.69 Å². The highest BCUT2D eigenvalue weighted by Crippen LogP contribution is 2.37. The molecule has 1 aromatic rings. The molecule has 1 saturated carbocycles. The molecule has 1 amide bonds. The van der Waals surface area contributed by atoms with Crippen LogP contribution >= 0.6 is 0 Å². The van der Waals surface area contributed by atoms with Gasteiger partial charge >= 0.3 is 5.97 Å². The zero-order chi connectivity index (χ0) is 17.4. The first-order chi connectivity index (χ1) is 11.4. The topological polar surface area (TPSA) is 116 Å². The Morgan fingerprint density at radius 2 is 1.96 bits per heavy atom. The molecule has 0 bridgehead atoms. The summed E-state index contributed by atoms with van der Waals surface area (Å²) in [5, 5.41) is 11.1. The molecule has 1 aliphatic carbocycles. The molecular weight excluding hydrogens is 314 g/mol. The van der Waals surface area contributed by atoms with Crippen molar-refractivity contribution in [2.24, 2.45) is 17.6 Å². The van der Waals surface area contributed by atoms with E-state index in [1.54, 1.807) is 4.90 Å². The Hall–Kier alpha value is -2.48. The number of non-ortho nitro benzene ring substituents is 1. The van der Waals surface area contributed by atoms with Crippen molar-refractivity contribution in [3.05, 3.63) is 39.4 Å². The van der Waals surface area contributed by atoms with E-state index in [1.807, 2.05) is 0 Å². The fraction of sp³-hybridized carbons (Fsp3) is 0.500. The quantitative estimate of drug-likeness (QED) is 0.504. The van der Waals surface area contributed by atoms with Gasteiger partial charge in [0.25, 0.3) is 11.6 Å². The molecule has 1 saturated heterocycles. The van der Waals surface area contributed by atoms with E-state index in [2.05, 4.69) is 4.74 Å². The van der Waals surface area contributed by atoms with Gasteiger partial charge in [-0.15, -0.1) is 0 Å². The summed E-state index contributed by atoms with van der Waals surface area (Å²) in [6.07, 6.45) is 1.97. The Morgan fingerprint density at radius 1 is 1.25 bits per heavy atom. The van der Waals surface area contributed by atoms with Crippen LogP contribution in [0.5, 0.6) is 0 Å². The van der Waals surface area contributed by atoms with Crippen molar-refractivity contribution in [1.82, 2.24) is 4.90 Å². The van der Waals surface area contributed by atoms with E-state index in [4.69, 9.17) is 5.73 Å². The minimum atomic E-state index is -0.715. The van der Waals surface area contributed by atoms with Crippen molar-refractivity contribution in [3.63, 3.8) is 0 Å². The minimum Gasteiger partial charge on any atom is -0.465 e. The standard InChI is InChI=1S/C16H19N3O5/c1-24-16(21)11-4-10(5-12(6-11)19(22)23)15(20)18-7-9-2-3-14(17)13(9)8-18/h4-6,9,13-14H,2-3,7-8,17H2,1H3. The third kappa shape index (κ3) is 2.84. The summed E-state index contributed by atoms with van der Waals surface area (Å²) in [6.45, 7) is 1.16. The van der Waals surface area contributed by atoms with Crippen LogP contribution in [-0.2, 0) is 4.74 Å². The highest BCUT2D eigenvalue weighted by molar-refractivity contribution is 5.99. The van der Waals surface area contributed by atoms with Crippen LogP contribution in [0.1, 0.15) is 33.6 Å². The van der Waals surface area contributed by atoms with E-state index in [0.717, 1.165) is 18.9 Å². The lowest BCUT2D eigenvalue weighted by Gasteiger charge is -2.19. The summed E-state index contributed by atoms with van der Waals surface area (Å²) in [7, 11) is 1.19. The van der Waals surface area contributed by atoms with Crippen LogP contribution in [0.15, 0.2) is 18.2 Å². The molecule has 8 nitrogen and oxygen atoms in total. The van der Waals surface area contributed by atoms with Crippen molar-refractivity contribution < 1.29 is 19.2 Å². The van der Waals surface area contributed by atoms with Crippen LogP contribution in [0.25, 0.3) is 0 Å². The third-order valence-corrected chi connectivity index (χ3v) is 5.00. The zero-order valence-corrected chi connectivity index (χ0v) is 13.3. The van der Waals surface area contributed by atoms with Gasteiger partial charge in [0.2, 0.25) is 0 Å². The lowest BCUT2D eigenvalue weighted by atomic mass is 9.98. The normalized spacial score (nSPS) is 25.4. The summed E-state index contributed by atoms with van der Waals surface area (Å²) in [6, 6.07) is 3.75. The maximum Gasteiger partial charge on any atom is 0.338 e. The molecule has 1 heterocycles. The van der Waals surface area contributed by atoms with Gasteiger partial charge in [0.15, 0.2) is 0 Å². The number of fused-ring (bicyclic) bond motifs is 1. The Morgan fingerprint density at radius 3 is 2.58 bits per heavy atom. The Balaban J connectivity index is 1.88. The molecule has 8 heteroatoms. The van der Waals surface area contributed by atoms with Crippen molar-refractivity contribution in [2.45, 2.75) is 18.9 Å². The Bertz CT molecular complexity index is 705. The van der Waals surface area contributed by atoms with Crippen LogP contribution in [-0.4, -0.2) is 47.9 Å². The highest BCUT2D eigenvalue weighted by atomic mass is 16.6. The number of carbonyl (C=O) groups is 2. The number of likely N-dealkylation sites (tertiary alicyclic amines) is 1. The average molecular weight is 333 g/mol. The zero-order valence-electron chi connectivity index (χ0n) is 13.3. The van der Waals surface area contributed by atoms with Gasteiger partial charge in [-0.3, -0.25) is 14.9 Å². The second-order valence-electron chi connectivity index (χ2n) is 6.39. The van der Waals surface area contributed by atoms with E-state index in [9.17, 15) is 19.7 Å². The van der Waals surface area contributed by atoms with Gasteiger partial charge in [-0.2, -0.15) is 0 Å². The molecule has 3 unspecified atom stereocenters. The largest absolute Gasteiger partial charge is 0.465 e. The fourth-order valence-electron chi connectivity index (χ4n) is 3.73. The first-order valence-corrected chi connectivity index (χ1v) is 7.83. The number of nitro benzene ring substituents is 1. The van der Waals surface area contributed by atoms with Crippen LogP contribution < -0.4 is 5.73 Å². The number of esters is 1. The molecule has 1 aliphatic heterocycles. The molecule has 3 rings (SSSR count). The van der Waals surface area contributed by atoms with E-state index < -0.39 is 10.9 Å². The van der Waals surface area contributed by atoms with Gasteiger partial charge in [0.05, 0.1) is 17.6 Å². The van der Waals surface area contributed by atoms with Crippen LogP contribution in [0, 0.1) is 22.0 Å². The monoisotopic (exact) mass is 333 g/mol. The number of hydrogen-bond acceptors (Lipinski definition) is 6. The van der Waals surface area contributed by atoms with Crippen molar-refractivity contribution in [1.29, 1.82) is 0 Å². The van der Waals surface area contributed by atoms with Crippen molar-refractivity contribution in [2.75, 3.05) is 20.2 Å². The van der Waals surface area contributed by atoms with Gasteiger partial charge in [-0.1, -0.05) is 0 Å². The maximum absolute atomic E-state index is 12.7. The lowest BCUT2D eigenvalue weighted by molar-refractivity contribution is -0.384. The van der Waals surface area contributed by atoms with Gasteiger partial charge in [0, 0.05) is 36.8 Å². The first-order valence-electron chi connectivity index (χ1n) is 7.83. The van der Waals surface area contributed by atoms with Gasteiger partial charge in [0.1, 0.15) is 0 Å². The minimum absolute atomic E-state index is 0.00820. The van der Waals surface area contributed by atoms with Crippen LogP contribution in [0.3, 0.4) is 0 Å². The number of methoxy groups -OCH3 is 1. The number of nitrogens with zero attached hydrogens (tertiary/aromatic N) is 2. The molecule has 24 heavy (non-hydrogen) atoms. The third-order valence-electron chi connectivity index (χ3n) is 5.00. The van der Waals surface area contributed by atoms with Crippen molar-refractivity contribution >= 4 is 17.6 Å². The Kier molecular flexibility index (Phi) is 4.23. The van der Waals surface area contributed by atoms with E-state index in [-0.39, 0.29) is 34.7 Å². The summed E-state index contributed by atoms with van der Waals surface area (Å²) >= 11 is 0. The molecule has 3 atom stereocenters. The number of hydrogen-bond donors (Lipinski definition) is 1. The number of rotatable bonds is 3. The molecule has 2 fully saturated rings. The van der Waals surface area contributed by atoms with E-state index in [1.165, 1.54) is 19.2 Å². The number of nitrogens with two attached hydrogens (primary N) is 1. The predicted octanol–water partition coefficient (Wildman–Crippen LogP) is 1.19. The number of ether oxygens (including phenoxy) is 1. The number of benzene rings is 1. The summed E-state index contributed by atoms with van der Waals surface area (Å²) in [5.74, 6) is -0.353. The number of carbonyl (C=O) groups excluding carboxylic acids is 2. The molecule has 2 aliphatic rings. The first kappa shape index (κ1) is 16.4. The highest BCUT2D eigenvalue weighted by Gasteiger charge is 2.42. The second-order valence-corrected chi connectivity index (χ2v) is 6.39. The average Bonchev–Trinajstić information content (AvgIpc) is 3.15. The molecule has 1 aromatic carbocycles. The lowest BCUT2D eigenvalue weighted by Crippen LogP contribution is -2.33. The number of nitro groups is 1. The molecule has 128 valence electrons. The Labute approximate surface area is 138 Å². The number of amides is 1. The maximum atomic E-state index is 12.7. The van der Waals surface area contributed by atoms with Gasteiger partial charge < -0.3 is 15.4 Å². The van der Waals surface area contributed by atoms with Crippen molar-refractivity contribution in [3.8, 4) is 0 Å². The van der Waals surface area contributed by atoms with Crippen LogP contribution in [0.2, 0.25) is 0 Å². The molecule has 2 N–H and O–H groups in total. The van der Waals surface area contributed by atoms with E-state index in [0.29, 0.717) is 19.0 Å². The fourth-order valence-corrected chi connectivity index (χ4v) is 3.73. The molecule has 0 radical (unpaired) electrons. The van der Waals surface area contributed by atoms with Gasteiger partial charge in [-0.25, -0.2) is 4.79 Å². The SMILES string of the molecule is COC(=O)c1cc(C(=O)N2CC3CCC(N)C3C2)cc([N+](=O)[O-])c1. The molecule has 0 spiro atoms. The molecule has 0 aromatic heterocycles.